The molecule has 0 aromatic heterocycles. The second kappa shape index (κ2) is 7.25. The third kappa shape index (κ3) is 3.26. The number of carbonyl (C=O) groups excluding carboxylic acids is 2. The van der Waals surface area contributed by atoms with E-state index >= 15 is 0 Å². The third-order valence-corrected chi connectivity index (χ3v) is 4.25. The van der Waals surface area contributed by atoms with Gasteiger partial charge in [-0.2, -0.15) is 0 Å². The minimum atomic E-state index is -0.726. The summed E-state index contributed by atoms with van der Waals surface area (Å²) in [5.41, 5.74) is 0.974. The van der Waals surface area contributed by atoms with Crippen molar-refractivity contribution in [2.75, 3.05) is 13.2 Å². The van der Waals surface area contributed by atoms with Gasteiger partial charge in [0.1, 0.15) is 18.2 Å². The zero-order valence-electron chi connectivity index (χ0n) is 13.6. The predicted molar refractivity (Wildman–Crippen MR) is 86.0 cm³/mol. The molecule has 1 aromatic carbocycles. The molecule has 0 saturated carbocycles. The van der Waals surface area contributed by atoms with Crippen LogP contribution in [0.5, 0.6) is 0 Å². The Balaban J connectivity index is 1.82. The van der Waals surface area contributed by atoms with Crippen LogP contribution in [-0.4, -0.2) is 54.3 Å². The summed E-state index contributed by atoms with van der Waals surface area (Å²) in [5.74, 6) is -0.387. The van der Waals surface area contributed by atoms with Crippen LogP contribution >= 0.6 is 0 Å². The number of ether oxygens (including phenoxy) is 3. The van der Waals surface area contributed by atoms with Gasteiger partial charge in [-0.1, -0.05) is 36.4 Å². The van der Waals surface area contributed by atoms with Crippen molar-refractivity contribution in [1.29, 1.82) is 0 Å². The summed E-state index contributed by atoms with van der Waals surface area (Å²) in [6, 6.07) is 8.90. The van der Waals surface area contributed by atoms with E-state index in [9.17, 15) is 9.59 Å². The maximum atomic E-state index is 12.7. The van der Waals surface area contributed by atoms with E-state index in [0.29, 0.717) is 6.61 Å². The van der Waals surface area contributed by atoms with Crippen molar-refractivity contribution < 1.29 is 23.8 Å². The largest absolute Gasteiger partial charge is 0.366 e. The van der Waals surface area contributed by atoms with Crippen LogP contribution in [0.1, 0.15) is 12.5 Å². The maximum Gasteiger partial charge on any atom is 0.220 e. The van der Waals surface area contributed by atoms with Gasteiger partial charge in [-0.15, -0.1) is 6.58 Å². The van der Waals surface area contributed by atoms with E-state index in [1.807, 2.05) is 30.3 Å². The van der Waals surface area contributed by atoms with Gasteiger partial charge in [0.15, 0.2) is 12.1 Å². The lowest BCUT2D eigenvalue weighted by Gasteiger charge is -2.39. The van der Waals surface area contributed by atoms with Crippen molar-refractivity contribution in [1.82, 2.24) is 4.90 Å². The van der Waals surface area contributed by atoms with Crippen LogP contribution in [0.4, 0.5) is 0 Å². The highest BCUT2D eigenvalue weighted by Gasteiger charge is 2.53. The summed E-state index contributed by atoms with van der Waals surface area (Å²) >= 11 is 0. The number of nitrogens with zero attached hydrogens (tertiary/aromatic N) is 1. The first-order valence-corrected chi connectivity index (χ1v) is 7.96. The van der Waals surface area contributed by atoms with Crippen LogP contribution in [-0.2, 0) is 30.4 Å². The van der Waals surface area contributed by atoms with Crippen molar-refractivity contribution in [2.45, 2.75) is 38.1 Å². The summed E-state index contributed by atoms with van der Waals surface area (Å²) in [5, 5.41) is 0. The smallest absolute Gasteiger partial charge is 0.220 e. The monoisotopic (exact) mass is 331 g/mol. The van der Waals surface area contributed by atoms with E-state index in [2.05, 4.69) is 6.58 Å². The quantitative estimate of drug-likeness (QED) is 0.735. The Bertz CT molecular complexity index is 617. The summed E-state index contributed by atoms with van der Waals surface area (Å²) < 4.78 is 17.1. The Labute approximate surface area is 141 Å². The highest BCUT2D eigenvalue weighted by molar-refractivity contribution is 5.93. The van der Waals surface area contributed by atoms with E-state index in [1.165, 1.54) is 11.8 Å². The van der Waals surface area contributed by atoms with Crippen molar-refractivity contribution in [3.05, 3.63) is 48.6 Å². The van der Waals surface area contributed by atoms with Crippen molar-refractivity contribution >= 4 is 11.7 Å². The van der Waals surface area contributed by atoms with Gasteiger partial charge in [-0.25, -0.2) is 0 Å². The number of hydrogen-bond donors (Lipinski definition) is 0. The molecule has 2 bridgehead atoms. The topological polar surface area (TPSA) is 65.1 Å². The fourth-order valence-electron chi connectivity index (χ4n) is 3.09. The van der Waals surface area contributed by atoms with Gasteiger partial charge in [-0.05, 0) is 5.56 Å². The average Bonchev–Trinajstić information content (AvgIpc) is 3.02. The number of benzene rings is 1. The molecule has 0 radical (unpaired) electrons. The van der Waals surface area contributed by atoms with Crippen molar-refractivity contribution in [3.63, 3.8) is 0 Å². The maximum absolute atomic E-state index is 12.7. The standard InChI is InChI=1S/C18H21NO5/c1-3-9-19(12(2)20)15-16(21)14-11-23-18(24-14)17(15)22-10-13-7-5-4-6-8-13/h3-8,14-15,17-18H,1,9-11H2,2H3/t14-,15+,17+,18-/m1/s1. The molecule has 0 N–H and O–H groups in total. The van der Waals surface area contributed by atoms with E-state index in [4.69, 9.17) is 14.2 Å². The number of amides is 1. The molecule has 0 unspecified atom stereocenters. The number of ketones is 1. The van der Waals surface area contributed by atoms with Crippen LogP contribution in [0.25, 0.3) is 0 Å². The van der Waals surface area contributed by atoms with Crippen LogP contribution in [0.2, 0.25) is 0 Å². The first-order chi connectivity index (χ1) is 11.6. The molecule has 6 nitrogen and oxygen atoms in total. The van der Waals surface area contributed by atoms with E-state index in [1.54, 1.807) is 6.08 Å². The Morgan fingerprint density at radius 2 is 2.17 bits per heavy atom. The van der Waals surface area contributed by atoms with Crippen LogP contribution in [0.3, 0.4) is 0 Å². The Morgan fingerprint density at radius 1 is 1.42 bits per heavy atom. The highest BCUT2D eigenvalue weighted by atomic mass is 16.7. The highest BCUT2D eigenvalue weighted by Crippen LogP contribution is 2.31. The van der Waals surface area contributed by atoms with Gasteiger partial charge >= 0.3 is 0 Å². The Kier molecular flexibility index (Phi) is 5.08. The van der Waals surface area contributed by atoms with E-state index in [-0.39, 0.29) is 24.8 Å². The van der Waals surface area contributed by atoms with Gasteiger partial charge < -0.3 is 19.1 Å². The molecule has 0 spiro atoms. The van der Waals surface area contributed by atoms with Gasteiger partial charge in [0.25, 0.3) is 0 Å². The molecule has 2 aliphatic rings. The Hall–Kier alpha value is -2.02. The van der Waals surface area contributed by atoms with Gasteiger partial charge in [0.2, 0.25) is 5.91 Å². The van der Waals surface area contributed by atoms with Gasteiger partial charge in [0, 0.05) is 13.5 Å². The molecule has 2 aliphatic heterocycles. The van der Waals surface area contributed by atoms with Crippen LogP contribution in [0.15, 0.2) is 43.0 Å². The molecule has 3 rings (SSSR count). The first-order valence-electron chi connectivity index (χ1n) is 7.96. The van der Waals surface area contributed by atoms with Crippen LogP contribution in [0, 0.1) is 0 Å². The van der Waals surface area contributed by atoms with Crippen molar-refractivity contribution in [3.8, 4) is 0 Å². The minimum absolute atomic E-state index is 0.182. The second-order valence-electron chi connectivity index (χ2n) is 5.89. The zero-order valence-corrected chi connectivity index (χ0v) is 13.6. The summed E-state index contributed by atoms with van der Waals surface area (Å²) in [4.78, 5) is 26.2. The molecule has 1 amide bonds. The minimum Gasteiger partial charge on any atom is -0.366 e. The van der Waals surface area contributed by atoms with Crippen molar-refractivity contribution in [2.24, 2.45) is 0 Å². The molecule has 0 aliphatic carbocycles. The van der Waals surface area contributed by atoms with E-state index < -0.39 is 24.5 Å². The van der Waals surface area contributed by atoms with E-state index in [0.717, 1.165) is 5.56 Å². The SMILES string of the molecule is C=CCN(C(C)=O)[C@H]1C(=O)[C@H]2CO[C@H](O2)[C@H]1OCc1ccccc1. The molecule has 2 fully saturated rings. The summed E-state index contributed by atoms with van der Waals surface area (Å²) in [6.45, 7) is 5.88. The van der Waals surface area contributed by atoms with Gasteiger partial charge in [0.05, 0.1) is 13.2 Å². The summed E-state index contributed by atoms with van der Waals surface area (Å²) in [6.07, 6.45) is -0.349. The fraction of sp³-hybridized carbons (Fsp3) is 0.444. The molecular weight excluding hydrogens is 310 g/mol. The number of hydrogen-bond acceptors (Lipinski definition) is 5. The summed E-state index contributed by atoms with van der Waals surface area (Å²) in [7, 11) is 0. The predicted octanol–water partition coefficient (Wildman–Crippen LogP) is 1.30. The normalized spacial score (nSPS) is 28.6. The van der Waals surface area contributed by atoms with Gasteiger partial charge in [-0.3, -0.25) is 9.59 Å². The molecule has 2 heterocycles. The molecule has 6 heteroatoms. The van der Waals surface area contributed by atoms with Crippen LogP contribution < -0.4 is 0 Å². The Morgan fingerprint density at radius 3 is 2.83 bits per heavy atom. The first kappa shape index (κ1) is 16.8. The molecular formula is C18H21NO5. The molecule has 24 heavy (non-hydrogen) atoms. The fourth-order valence-corrected chi connectivity index (χ4v) is 3.09. The lowest BCUT2D eigenvalue weighted by Crippen LogP contribution is -2.61. The zero-order chi connectivity index (χ0) is 17.1. The number of Topliss-reactive ketones (excluding diaryl/α,β-unsaturated/α-hetero) is 1. The molecule has 4 atom stereocenters. The number of fused-ring (bicyclic) bond motifs is 2. The third-order valence-electron chi connectivity index (χ3n) is 4.25. The molecule has 128 valence electrons. The number of carbonyl (C=O) groups is 2. The second-order valence-corrected chi connectivity index (χ2v) is 5.89. The lowest BCUT2D eigenvalue weighted by atomic mass is 9.97. The average molecular weight is 331 g/mol. The lowest BCUT2D eigenvalue weighted by molar-refractivity contribution is -0.202. The molecule has 1 aromatic rings. The molecule has 2 saturated heterocycles. The number of rotatable bonds is 6.